The first-order valence-corrected chi connectivity index (χ1v) is 12.9. The van der Waals surface area contributed by atoms with Gasteiger partial charge in [-0.15, -0.1) is 0 Å². The molecule has 38 heavy (non-hydrogen) atoms. The summed E-state index contributed by atoms with van der Waals surface area (Å²) >= 11 is 0. The van der Waals surface area contributed by atoms with Crippen molar-refractivity contribution in [3.8, 4) is 5.75 Å². The normalized spacial score (nSPS) is 13.7. The van der Waals surface area contributed by atoms with Gasteiger partial charge in [0.25, 0.3) is 5.91 Å². The van der Waals surface area contributed by atoms with Crippen LogP contribution in [0.1, 0.15) is 63.8 Å². The highest BCUT2D eigenvalue weighted by Crippen LogP contribution is 2.29. The number of para-hydroxylation sites is 1. The molecule has 0 spiro atoms. The molecule has 3 unspecified atom stereocenters. The number of nitrogens with one attached hydrogen (secondary N) is 2. The molecular weight excluding hydrogens is 486 g/mol. The molecule has 0 radical (unpaired) electrons. The fourth-order valence-corrected chi connectivity index (χ4v) is 4.01. The van der Waals surface area contributed by atoms with Crippen LogP contribution in [0.5, 0.6) is 5.75 Å². The third-order valence-electron chi connectivity index (χ3n) is 6.27. The van der Waals surface area contributed by atoms with E-state index in [4.69, 9.17) is 4.74 Å². The van der Waals surface area contributed by atoms with Crippen LogP contribution < -0.4 is 10.6 Å². The lowest BCUT2D eigenvalue weighted by molar-refractivity contribution is -0.142. The highest BCUT2D eigenvalue weighted by atomic mass is 16.6. The van der Waals surface area contributed by atoms with Gasteiger partial charge in [-0.3, -0.25) is 9.59 Å². The number of rotatable bonds is 10. The molecule has 2 rings (SSSR count). The van der Waals surface area contributed by atoms with Gasteiger partial charge >= 0.3 is 6.09 Å². The number of nitrogens with zero attached hydrogens (tertiary/aromatic N) is 1. The molecule has 0 saturated carbocycles. The maximum absolute atomic E-state index is 14.0. The third-order valence-corrected chi connectivity index (χ3v) is 6.27. The summed E-state index contributed by atoms with van der Waals surface area (Å²) in [6.45, 7) is 11.9. The number of phenols is 1. The molecule has 0 aromatic heterocycles. The van der Waals surface area contributed by atoms with Gasteiger partial charge in [0.05, 0.1) is 6.61 Å². The van der Waals surface area contributed by atoms with Crippen molar-refractivity contribution in [2.24, 2.45) is 5.92 Å². The minimum absolute atomic E-state index is 0.0518. The van der Waals surface area contributed by atoms with Gasteiger partial charge in [-0.25, -0.2) is 4.79 Å². The van der Waals surface area contributed by atoms with Gasteiger partial charge in [-0.2, -0.15) is 0 Å². The van der Waals surface area contributed by atoms with Gasteiger partial charge in [0.2, 0.25) is 5.91 Å². The van der Waals surface area contributed by atoms with E-state index in [-0.39, 0.29) is 18.2 Å². The number of aliphatic hydroxyl groups is 1. The predicted molar refractivity (Wildman–Crippen MR) is 147 cm³/mol. The minimum atomic E-state index is -1.15. The molecule has 9 heteroatoms. The minimum Gasteiger partial charge on any atom is -0.508 e. The monoisotopic (exact) mass is 527 g/mol. The summed E-state index contributed by atoms with van der Waals surface area (Å²) in [4.78, 5) is 41.8. The average Bonchev–Trinajstić information content (AvgIpc) is 2.83. The molecule has 2 aromatic carbocycles. The number of ether oxygens (including phenoxy) is 1. The number of phenolic OH excluding ortho intramolecular Hbond substituents is 1. The Hall–Kier alpha value is -3.59. The largest absolute Gasteiger partial charge is 0.508 e. The van der Waals surface area contributed by atoms with Gasteiger partial charge in [-0.05, 0) is 75.4 Å². The lowest BCUT2D eigenvalue weighted by atomic mass is 9.95. The Morgan fingerprint density at radius 3 is 2.26 bits per heavy atom. The SMILES string of the molecule is CCC(C)C(NC(=O)OC(C)(C)C)C(=O)N(CCO)C(C(=O)Nc1ccccc1C)c1ccc(O)c(C)c1. The molecular formula is C29H41N3O6. The molecule has 0 bridgehead atoms. The van der Waals surface area contributed by atoms with Crippen molar-refractivity contribution in [3.05, 3.63) is 59.2 Å². The van der Waals surface area contributed by atoms with Crippen molar-refractivity contribution < 1.29 is 29.3 Å². The topological polar surface area (TPSA) is 128 Å². The lowest BCUT2D eigenvalue weighted by Crippen LogP contribution is -2.55. The molecule has 0 fully saturated rings. The summed E-state index contributed by atoms with van der Waals surface area (Å²) in [5.41, 5.74) is 1.63. The Balaban J connectivity index is 2.56. The molecule has 3 atom stereocenters. The van der Waals surface area contributed by atoms with Gasteiger partial charge in [0.1, 0.15) is 23.4 Å². The van der Waals surface area contributed by atoms with Crippen LogP contribution in [0.2, 0.25) is 0 Å². The summed E-state index contributed by atoms with van der Waals surface area (Å²) in [6, 6.07) is 9.78. The fourth-order valence-electron chi connectivity index (χ4n) is 4.01. The fraction of sp³-hybridized carbons (Fsp3) is 0.483. The Morgan fingerprint density at radius 1 is 1.05 bits per heavy atom. The number of carbonyl (C=O) groups is 3. The Labute approximate surface area is 225 Å². The van der Waals surface area contributed by atoms with Gasteiger partial charge in [0, 0.05) is 12.2 Å². The molecule has 4 N–H and O–H groups in total. The van der Waals surface area contributed by atoms with Crippen molar-refractivity contribution in [3.63, 3.8) is 0 Å². The number of hydrogen-bond donors (Lipinski definition) is 4. The van der Waals surface area contributed by atoms with E-state index in [1.54, 1.807) is 52.0 Å². The van der Waals surface area contributed by atoms with E-state index in [1.807, 2.05) is 32.9 Å². The van der Waals surface area contributed by atoms with Crippen LogP contribution in [0.3, 0.4) is 0 Å². The molecule has 0 heterocycles. The van der Waals surface area contributed by atoms with Gasteiger partial charge in [0.15, 0.2) is 0 Å². The molecule has 2 aromatic rings. The number of aliphatic hydroxyl groups excluding tert-OH is 1. The number of alkyl carbamates (subject to hydrolysis) is 1. The van der Waals surface area contributed by atoms with Crippen molar-refractivity contribution in [1.29, 1.82) is 0 Å². The van der Waals surface area contributed by atoms with E-state index in [2.05, 4.69) is 10.6 Å². The first-order chi connectivity index (χ1) is 17.8. The zero-order valence-electron chi connectivity index (χ0n) is 23.4. The van der Waals surface area contributed by atoms with Crippen molar-refractivity contribution in [2.75, 3.05) is 18.5 Å². The van der Waals surface area contributed by atoms with E-state index in [1.165, 1.54) is 11.0 Å². The van der Waals surface area contributed by atoms with Crippen LogP contribution in [-0.4, -0.2) is 57.8 Å². The Kier molecular flexibility index (Phi) is 10.7. The van der Waals surface area contributed by atoms with Crippen LogP contribution in [0.25, 0.3) is 0 Å². The second-order valence-electron chi connectivity index (χ2n) is 10.5. The smallest absolute Gasteiger partial charge is 0.408 e. The molecule has 0 aliphatic heterocycles. The lowest BCUT2D eigenvalue weighted by Gasteiger charge is -2.36. The molecule has 0 saturated heterocycles. The quantitative estimate of drug-likeness (QED) is 0.361. The third kappa shape index (κ3) is 8.21. The van der Waals surface area contributed by atoms with E-state index in [0.29, 0.717) is 23.2 Å². The van der Waals surface area contributed by atoms with Crippen molar-refractivity contribution in [1.82, 2.24) is 10.2 Å². The highest BCUT2D eigenvalue weighted by Gasteiger charge is 2.38. The predicted octanol–water partition coefficient (Wildman–Crippen LogP) is 4.45. The Bertz CT molecular complexity index is 1130. The van der Waals surface area contributed by atoms with E-state index in [9.17, 15) is 24.6 Å². The summed E-state index contributed by atoms with van der Waals surface area (Å²) in [7, 11) is 0. The van der Waals surface area contributed by atoms with Crippen LogP contribution in [0.4, 0.5) is 10.5 Å². The van der Waals surface area contributed by atoms with Crippen molar-refractivity contribution >= 4 is 23.6 Å². The van der Waals surface area contributed by atoms with Crippen LogP contribution in [-0.2, 0) is 14.3 Å². The first-order valence-electron chi connectivity index (χ1n) is 12.9. The average molecular weight is 528 g/mol. The second-order valence-corrected chi connectivity index (χ2v) is 10.5. The zero-order chi connectivity index (χ0) is 28.6. The molecule has 0 aliphatic rings. The number of benzene rings is 2. The summed E-state index contributed by atoms with van der Waals surface area (Å²) in [6.07, 6.45) is -0.182. The number of aryl methyl sites for hydroxylation is 2. The number of anilines is 1. The van der Waals surface area contributed by atoms with Crippen molar-refractivity contribution in [2.45, 2.75) is 72.6 Å². The summed E-state index contributed by atoms with van der Waals surface area (Å²) < 4.78 is 5.39. The second kappa shape index (κ2) is 13.3. The first kappa shape index (κ1) is 30.6. The summed E-state index contributed by atoms with van der Waals surface area (Å²) in [5.74, 6) is -1.27. The van der Waals surface area contributed by atoms with E-state index >= 15 is 0 Å². The molecule has 3 amide bonds. The van der Waals surface area contributed by atoms with Crippen LogP contribution in [0, 0.1) is 19.8 Å². The number of hydrogen-bond acceptors (Lipinski definition) is 6. The number of amides is 3. The van der Waals surface area contributed by atoms with E-state index in [0.717, 1.165) is 5.56 Å². The maximum Gasteiger partial charge on any atom is 0.408 e. The molecule has 9 nitrogen and oxygen atoms in total. The number of aromatic hydroxyl groups is 1. The maximum atomic E-state index is 14.0. The standard InChI is InChI=1S/C29H41N3O6/c1-8-18(2)24(31-28(37)38-29(5,6)7)27(36)32(15-16-33)25(21-13-14-23(34)20(4)17-21)26(35)30-22-12-10-9-11-19(22)3/h9-14,17-18,24-25,33-34H,8,15-16H2,1-7H3,(H,30,35)(H,31,37). The van der Waals surface area contributed by atoms with Gasteiger partial charge < -0.3 is 30.5 Å². The van der Waals surface area contributed by atoms with E-state index < -0.39 is 42.2 Å². The Morgan fingerprint density at radius 2 is 1.71 bits per heavy atom. The highest BCUT2D eigenvalue weighted by molar-refractivity contribution is 5.99. The van der Waals surface area contributed by atoms with Gasteiger partial charge in [-0.1, -0.05) is 44.5 Å². The van der Waals surface area contributed by atoms with Crippen LogP contribution in [0.15, 0.2) is 42.5 Å². The molecule has 0 aliphatic carbocycles. The number of carbonyl (C=O) groups excluding carboxylic acids is 3. The summed E-state index contributed by atoms with van der Waals surface area (Å²) in [5, 5.41) is 25.6. The molecule has 208 valence electrons. The zero-order valence-corrected chi connectivity index (χ0v) is 23.4. The van der Waals surface area contributed by atoms with Crippen LogP contribution >= 0.6 is 0 Å².